The molecular formula is C34H36F4N6O4. The van der Waals surface area contributed by atoms with Crippen molar-refractivity contribution in [3.63, 3.8) is 0 Å². The number of carbonyl (C=O) groups is 2. The molecule has 3 aromatic rings. The number of methoxy groups -OCH3 is 1. The molecule has 2 N–H and O–H groups in total. The number of alkyl halides is 3. The van der Waals surface area contributed by atoms with E-state index in [1.54, 1.807) is 24.1 Å². The van der Waals surface area contributed by atoms with Gasteiger partial charge in [-0.05, 0) is 81.6 Å². The number of amides is 2. The topological polar surface area (TPSA) is 109 Å². The maximum atomic E-state index is 15.4. The third-order valence-electron chi connectivity index (χ3n) is 10.5. The fraction of sp³-hybridized carbons (Fsp3) is 0.471. The maximum absolute atomic E-state index is 15.4. The average molecular weight is 669 g/mol. The molecule has 4 aliphatic rings. The molecule has 2 amide bonds. The minimum Gasteiger partial charge on any atom is -0.495 e. The summed E-state index contributed by atoms with van der Waals surface area (Å²) in [6, 6.07) is 6.98. The number of ether oxygens (including phenoxy) is 2. The lowest BCUT2D eigenvalue weighted by atomic mass is 9.72. The molecule has 2 saturated carbocycles. The second kappa shape index (κ2) is 11.6. The highest BCUT2D eigenvalue weighted by Crippen LogP contribution is 2.57. The van der Waals surface area contributed by atoms with E-state index >= 15 is 4.39 Å². The Hall–Kier alpha value is -4.46. The fourth-order valence-corrected chi connectivity index (χ4v) is 7.61. The van der Waals surface area contributed by atoms with Gasteiger partial charge < -0.3 is 29.9 Å². The first-order valence-corrected chi connectivity index (χ1v) is 16.0. The summed E-state index contributed by atoms with van der Waals surface area (Å²) in [5, 5.41) is 5.65. The van der Waals surface area contributed by atoms with Crippen molar-refractivity contribution in [2.45, 2.75) is 62.7 Å². The zero-order valence-electron chi connectivity index (χ0n) is 26.8. The quantitative estimate of drug-likeness (QED) is 0.285. The molecule has 48 heavy (non-hydrogen) atoms. The fourth-order valence-electron chi connectivity index (χ4n) is 7.61. The molecule has 7 rings (SSSR count). The summed E-state index contributed by atoms with van der Waals surface area (Å²) in [7, 11) is 5.10. The lowest BCUT2D eigenvalue weighted by Crippen LogP contribution is -2.41. The Morgan fingerprint density at radius 2 is 1.81 bits per heavy atom. The molecule has 3 fully saturated rings. The van der Waals surface area contributed by atoms with E-state index in [0.717, 1.165) is 64.1 Å². The maximum Gasteiger partial charge on any atom is 0.423 e. The number of nitrogens with one attached hydrogen (secondary N) is 2. The van der Waals surface area contributed by atoms with Gasteiger partial charge in [-0.15, -0.1) is 0 Å². The summed E-state index contributed by atoms with van der Waals surface area (Å²) < 4.78 is 68.6. The Morgan fingerprint density at radius 3 is 2.46 bits per heavy atom. The standard InChI is InChI=1S/C34H36F4N6O4/c1-43-14-13-32(18-43)9-7-19(8-10-32)40-28(45)20-15-26(47-3)24(16-23(20)35)41-31-39-17-22(34(36,37)38)29(42-31)48-25-6-4-5-21-27(25)30(46)44(2)33(21)11-12-33/h4-6,15-17,19H,7-14,18H2,1-3H3,(H,40,45)(H,39,41,42). The van der Waals surface area contributed by atoms with Gasteiger partial charge >= 0.3 is 6.18 Å². The van der Waals surface area contributed by atoms with Gasteiger partial charge in [0, 0.05) is 31.9 Å². The van der Waals surface area contributed by atoms with Crippen LogP contribution in [0.1, 0.15) is 76.8 Å². The summed E-state index contributed by atoms with van der Waals surface area (Å²) in [6.07, 6.45) is 1.93. The summed E-state index contributed by atoms with van der Waals surface area (Å²) in [4.78, 5) is 37.9. The first-order valence-electron chi connectivity index (χ1n) is 16.0. The van der Waals surface area contributed by atoms with Gasteiger partial charge in [0.15, 0.2) is 0 Å². The number of likely N-dealkylation sites (tertiary alicyclic amines) is 1. The van der Waals surface area contributed by atoms with Crippen molar-refractivity contribution in [2.24, 2.45) is 5.41 Å². The van der Waals surface area contributed by atoms with Gasteiger partial charge in [-0.3, -0.25) is 9.59 Å². The molecule has 0 unspecified atom stereocenters. The molecule has 0 atom stereocenters. The van der Waals surface area contributed by atoms with Crippen LogP contribution in [-0.4, -0.2) is 71.9 Å². The SMILES string of the molecule is COc1cc(C(=O)NC2CCC3(CC2)CCN(C)C3)c(F)cc1Nc1ncc(C(F)(F)F)c(Oc2cccc3c2C(=O)N(C)C32CC2)n1. The van der Waals surface area contributed by atoms with E-state index < -0.39 is 34.9 Å². The number of halogens is 4. The van der Waals surface area contributed by atoms with Crippen LogP contribution < -0.4 is 20.1 Å². The lowest BCUT2D eigenvalue weighted by Gasteiger charge is -2.37. The molecule has 1 saturated heterocycles. The Balaban J connectivity index is 1.11. The number of benzene rings is 2. The minimum atomic E-state index is -4.88. The minimum absolute atomic E-state index is 0.0182. The molecular weight excluding hydrogens is 632 g/mol. The normalized spacial score (nSPS) is 23.0. The van der Waals surface area contributed by atoms with E-state index in [-0.39, 0.29) is 51.6 Å². The van der Waals surface area contributed by atoms with Crippen molar-refractivity contribution in [2.75, 3.05) is 39.6 Å². The van der Waals surface area contributed by atoms with Crippen LogP contribution >= 0.6 is 0 Å². The van der Waals surface area contributed by atoms with Gasteiger partial charge in [0.1, 0.15) is 22.9 Å². The molecule has 14 heteroatoms. The molecule has 0 radical (unpaired) electrons. The van der Waals surface area contributed by atoms with Crippen LogP contribution in [0.3, 0.4) is 0 Å². The van der Waals surface area contributed by atoms with Crippen LogP contribution in [0.4, 0.5) is 29.2 Å². The zero-order valence-corrected chi connectivity index (χ0v) is 26.8. The number of carbonyl (C=O) groups excluding carboxylic acids is 2. The van der Waals surface area contributed by atoms with Crippen molar-refractivity contribution >= 4 is 23.5 Å². The molecule has 254 valence electrons. The van der Waals surface area contributed by atoms with Crippen LogP contribution in [-0.2, 0) is 11.7 Å². The van der Waals surface area contributed by atoms with Crippen LogP contribution in [0.25, 0.3) is 0 Å². The predicted molar refractivity (Wildman–Crippen MR) is 167 cm³/mol. The van der Waals surface area contributed by atoms with E-state index in [1.165, 1.54) is 19.2 Å². The van der Waals surface area contributed by atoms with Crippen LogP contribution in [0.5, 0.6) is 17.4 Å². The lowest BCUT2D eigenvalue weighted by molar-refractivity contribution is -0.139. The van der Waals surface area contributed by atoms with Crippen molar-refractivity contribution in [3.8, 4) is 17.4 Å². The van der Waals surface area contributed by atoms with Gasteiger partial charge in [-0.1, -0.05) is 12.1 Å². The van der Waals surface area contributed by atoms with E-state index in [4.69, 9.17) is 9.47 Å². The smallest absolute Gasteiger partial charge is 0.423 e. The predicted octanol–water partition coefficient (Wildman–Crippen LogP) is 6.25. The average Bonchev–Trinajstić information content (AvgIpc) is 3.73. The number of fused-ring (bicyclic) bond motifs is 2. The monoisotopic (exact) mass is 668 g/mol. The molecule has 2 aliphatic carbocycles. The molecule has 0 bridgehead atoms. The summed E-state index contributed by atoms with van der Waals surface area (Å²) >= 11 is 0. The Morgan fingerprint density at radius 1 is 1.06 bits per heavy atom. The number of hydrogen-bond donors (Lipinski definition) is 2. The van der Waals surface area contributed by atoms with E-state index in [1.807, 2.05) is 0 Å². The number of anilines is 2. The van der Waals surface area contributed by atoms with Crippen molar-refractivity contribution in [3.05, 3.63) is 64.6 Å². The summed E-state index contributed by atoms with van der Waals surface area (Å²) in [5.41, 5.74) is -0.789. The largest absolute Gasteiger partial charge is 0.495 e. The van der Waals surface area contributed by atoms with Gasteiger partial charge in [0.25, 0.3) is 11.8 Å². The zero-order chi connectivity index (χ0) is 34.0. The molecule has 3 heterocycles. The van der Waals surface area contributed by atoms with Gasteiger partial charge in [-0.2, -0.15) is 18.2 Å². The van der Waals surface area contributed by atoms with Gasteiger partial charge in [0.2, 0.25) is 11.8 Å². The van der Waals surface area contributed by atoms with Crippen molar-refractivity contribution in [1.82, 2.24) is 25.1 Å². The molecule has 1 aromatic heterocycles. The number of aromatic nitrogens is 2. The number of nitrogens with zero attached hydrogens (tertiary/aromatic N) is 4. The van der Waals surface area contributed by atoms with Crippen molar-refractivity contribution in [1.29, 1.82) is 0 Å². The first-order chi connectivity index (χ1) is 22.8. The third kappa shape index (κ3) is 5.59. The Kier molecular flexibility index (Phi) is 7.76. The van der Waals surface area contributed by atoms with E-state index in [9.17, 15) is 22.8 Å². The highest BCUT2D eigenvalue weighted by molar-refractivity contribution is 6.03. The van der Waals surface area contributed by atoms with Crippen molar-refractivity contribution < 1.29 is 36.6 Å². The Bertz CT molecular complexity index is 1790. The number of hydrogen-bond acceptors (Lipinski definition) is 8. The first kappa shape index (κ1) is 32.1. The van der Waals surface area contributed by atoms with Gasteiger partial charge in [0.05, 0.1) is 29.5 Å². The van der Waals surface area contributed by atoms with Crippen LogP contribution in [0.15, 0.2) is 36.5 Å². The van der Waals surface area contributed by atoms with Crippen LogP contribution in [0, 0.1) is 11.2 Å². The summed E-state index contributed by atoms with van der Waals surface area (Å²) in [6.45, 7) is 2.12. The van der Waals surface area contributed by atoms with Gasteiger partial charge in [-0.25, -0.2) is 9.37 Å². The Labute approximate surface area is 274 Å². The third-order valence-corrected chi connectivity index (χ3v) is 10.5. The molecule has 2 spiro atoms. The molecule has 2 aromatic carbocycles. The second-order valence-electron chi connectivity index (χ2n) is 13.5. The molecule has 10 nitrogen and oxygen atoms in total. The number of rotatable bonds is 7. The summed E-state index contributed by atoms with van der Waals surface area (Å²) in [5.74, 6) is -2.99. The molecule has 2 aliphatic heterocycles. The van der Waals surface area contributed by atoms with E-state index in [0.29, 0.717) is 11.8 Å². The second-order valence-corrected chi connectivity index (χ2v) is 13.5. The highest BCUT2D eigenvalue weighted by atomic mass is 19.4. The van der Waals surface area contributed by atoms with Crippen LogP contribution in [0.2, 0.25) is 0 Å². The van der Waals surface area contributed by atoms with E-state index in [2.05, 4.69) is 32.5 Å². The highest BCUT2D eigenvalue weighted by Gasteiger charge is 2.57.